The SMILES string of the molecule is CN1C=C2NC(C(=O)NO)=CC(=S)N2N1. The summed E-state index contributed by atoms with van der Waals surface area (Å²) in [5.74, 6) is -0.00365. The van der Waals surface area contributed by atoms with Crippen LogP contribution in [0.4, 0.5) is 0 Å². The van der Waals surface area contributed by atoms with E-state index in [1.165, 1.54) is 11.6 Å². The molecule has 0 radical (unpaired) electrons. The topological polar surface area (TPSA) is 79.9 Å². The fourth-order valence-corrected chi connectivity index (χ4v) is 1.54. The van der Waals surface area contributed by atoms with E-state index in [1.54, 1.807) is 23.3 Å². The summed E-state index contributed by atoms with van der Waals surface area (Å²) < 4.78 is 0. The lowest BCUT2D eigenvalue weighted by atomic mass is 10.3. The van der Waals surface area contributed by atoms with Gasteiger partial charge in [0, 0.05) is 13.1 Å². The van der Waals surface area contributed by atoms with E-state index < -0.39 is 5.91 Å². The second-order valence-electron chi connectivity index (χ2n) is 3.02. The molecule has 2 heterocycles. The van der Waals surface area contributed by atoms with Crippen molar-refractivity contribution in [1.29, 1.82) is 0 Å². The molecular formula is C7H9N5O2S. The maximum absolute atomic E-state index is 11.2. The van der Waals surface area contributed by atoms with Gasteiger partial charge in [-0.25, -0.2) is 10.5 Å². The normalized spacial score (nSPS) is 19.2. The molecule has 0 saturated carbocycles. The van der Waals surface area contributed by atoms with E-state index in [9.17, 15) is 4.79 Å². The van der Waals surface area contributed by atoms with Crippen LogP contribution in [0.15, 0.2) is 23.8 Å². The highest BCUT2D eigenvalue weighted by Crippen LogP contribution is 2.15. The molecule has 0 aliphatic carbocycles. The highest BCUT2D eigenvalue weighted by atomic mass is 32.1. The van der Waals surface area contributed by atoms with E-state index in [4.69, 9.17) is 17.4 Å². The first-order valence-electron chi connectivity index (χ1n) is 4.10. The predicted molar refractivity (Wildman–Crippen MR) is 54.6 cm³/mol. The zero-order valence-corrected chi connectivity index (χ0v) is 8.63. The summed E-state index contributed by atoms with van der Waals surface area (Å²) in [4.78, 5) is 11.6. The monoisotopic (exact) mass is 227 g/mol. The van der Waals surface area contributed by atoms with E-state index in [1.807, 2.05) is 0 Å². The Kier molecular flexibility index (Phi) is 2.31. The van der Waals surface area contributed by atoms with Gasteiger partial charge in [0.05, 0.1) is 6.20 Å². The highest BCUT2D eigenvalue weighted by Gasteiger charge is 2.28. The largest absolute Gasteiger partial charge is 0.335 e. The van der Waals surface area contributed by atoms with Crippen LogP contribution in [-0.4, -0.2) is 33.2 Å². The standard InChI is InChI=1S/C7H9N5O2S/c1-11-3-5-8-4(7(13)9-14)2-6(15)12(5)10-11/h2-3,8,10,14H,1H3,(H,9,13). The Bertz CT molecular complexity index is 391. The van der Waals surface area contributed by atoms with Gasteiger partial charge in [-0.2, -0.15) is 0 Å². The fraction of sp³-hybridized carbons (Fsp3) is 0.143. The number of carbonyl (C=O) groups is 1. The Morgan fingerprint density at radius 2 is 2.40 bits per heavy atom. The summed E-state index contributed by atoms with van der Waals surface area (Å²) in [6, 6.07) is 0. The first kappa shape index (κ1) is 9.90. The van der Waals surface area contributed by atoms with Gasteiger partial charge in [0.25, 0.3) is 5.91 Å². The fourth-order valence-electron chi connectivity index (χ4n) is 1.28. The van der Waals surface area contributed by atoms with Gasteiger partial charge in [-0.1, -0.05) is 12.2 Å². The van der Waals surface area contributed by atoms with Crippen molar-refractivity contribution in [3.05, 3.63) is 23.8 Å². The van der Waals surface area contributed by atoms with Crippen LogP contribution in [0.1, 0.15) is 0 Å². The molecule has 1 amide bonds. The first-order valence-corrected chi connectivity index (χ1v) is 4.51. The van der Waals surface area contributed by atoms with Crippen LogP contribution >= 0.6 is 12.2 Å². The zero-order chi connectivity index (χ0) is 11.0. The number of hydrogen-bond acceptors (Lipinski definition) is 6. The third-order valence-corrected chi connectivity index (χ3v) is 2.21. The lowest BCUT2D eigenvalue weighted by molar-refractivity contribution is -0.125. The lowest BCUT2D eigenvalue weighted by Crippen LogP contribution is -2.47. The number of nitrogens with zero attached hydrogens (tertiary/aromatic N) is 2. The van der Waals surface area contributed by atoms with Gasteiger partial charge in [0.2, 0.25) is 0 Å². The van der Waals surface area contributed by atoms with Gasteiger partial charge in [0.1, 0.15) is 16.5 Å². The molecule has 7 nitrogen and oxygen atoms in total. The van der Waals surface area contributed by atoms with Gasteiger partial charge in [-0.05, 0) is 0 Å². The summed E-state index contributed by atoms with van der Waals surface area (Å²) in [7, 11) is 1.79. The average Bonchev–Trinajstić information content (AvgIpc) is 2.58. The van der Waals surface area contributed by atoms with E-state index in [-0.39, 0.29) is 5.70 Å². The summed E-state index contributed by atoms with van der Waals surface area (Å²) in [6.45, 7) is 0. The second kappa shape index (κ2) is 3.50. The Morgan fingerprint density at radius 3 is 3.07 bits per heavy atom. The van der Waals surface area contributed by atoms with Gasteiger partial charge >= 0.3 is 0 Å². The molecule has 2 rings (SSSR count). The van der Waals surface area contributed by atoms with Gasteiger partial charge in [0.15, 0.2) is 0 Å². The maximum Gasteiger partial charge on any atom is 0.291 e. The van der Waals surface area contributed by atoms with Gasteiger partial charge in [-0.15, -0.1) is 5.53 Å². The van der Waals surface area contributed by atoms with Crippen LogP contribution < -0.4 is 16.3 Å². The van der Waals surface area contributed by atoms with E-state index >= 15 is 0 Å². The Morgan fingerprint density at radius 1 is 1.67 bits per heavy atom. The number of fused-ring (bicyclic) bond motifs is 1. The van der Waals surface area contributed by atoms with Crippen molar-refractivity contribution in [3.8, 4) is 0 Å². The van der Waals surface area contributed by atoms with Crippen LogP contribution in [0.2, 0.25) is 0 Å². The zero-order valence-electron chi connectivity index (χ0n) is 7.81. The number of hydrogen-bond donors (Lipinski definition) is 4. The summed E-state index contributed by atoms with van der Waals surface area (Å²) in [6.07, 6.45) is 3.17. The Labute approximate surface area is 90.9 Å². The number of thiocarbonyl (C=S) groups is 1. The number of nitrogens with one attached hydrogen (secondary N) is 3. The number of hydroxylamine groups is 1. The van der Waals surface area contributed by atoms with Crippen LogP contribution in [-0.2, 0) is 4.79 Å². The highest BCUT2D eigenvalue weighted by molar-refractivity contribution is 7.80. The average molecular weight is 227 g/mol. The Hall–Kier alpha value is -1.64. The first-order chi connectivity index (χ1) is 7.11. The molecule has 2 aliphatic heterocycles. The molecule has 0 bridgehead atoms. The van der Waals surface area contributed by atoms with E-state index in [0.29, 0.717) is 10.8 Å². The number of amides is 1. The minimum atomic E-state index is -0.632. The lowest BCUT2D eigenvalue weighted by Gasteiger charge is -2.26. The van der Waals surface area contributed by atoms with Crippen molar-refractivity contribution in [2.45, 2.75) is 0 Å². The molecular weight excluding hydrogens is 218 g/mol. The number of carbonyl (C=O) groups excluding carboxylic acids is 1. The third-order valence-electron chi connectivity index (χ3n) is 1.91. The predicted octanol–water partition coefficient (Wildman–Crippen LogP) is -1.23. The number of hydrazine groups is 2. The molecule has 0 aromatic rings. The molecule has 8 heteroatoms. The van der Waals surface area contributed by atoms with E-state index in [2.05, 4.69) is 10.9 Å². The molecule has 2 aliphatic rings. The van der Waals surface area contributed by atoms with Crippen LogP contribution in [0.3, 0.4) is 0 Å². The summed E-state index contributed by atoms with van der Waals surface area (Å²) in [5, 5.41) is 14.6. The number of rotatable bonds is 1. The molecule has 80 valence electrons. The summed E-state index contributed by atoms with van der Waals surface area (Å²) in [5.41, 5.74) is 4.65. The van der Waals surface area contributed by atoms with Crippen molar-refractivity contribution in [1.82, 2.24) is 26.3 Å². The minimum Gasteiger partial charge on any atom is -0.335 e. The molecule has 0 aromatic carbocycles. The van der Waals surface area contributed by atoms with Gasteiger partial charge in [-0.3, -0.25) is 15.0 Å². The maximum atomic E-state index is 11.2. The molecule has 0 unspecified atom stereocenters. The quantitative estimate of drug-likeness (QED) is 0.254. The molecule has 0 spiro atoms. The smallest absolute Gasteiger partial charge is 0.291 e. The molecule has 0 aromatic heterocycles. The molecule has 0 atom stereocenters. The van der Waals surface area contributed by atoms with Crippen LogP contribution in [0.5, 0.6) is 0 Å². The van der Waals surface area contributed by atoms with Crippen molar-refractivity contribution in [3.63, 3.8) is 0 Å². The summed E-state index contributed by atoms with van der Waals surface area (Å²) >= 11 is 5.06. The molecule has 15 heavy (non-hydrogen) atoms. The third kappa shape index (κ3) is 1.65. The molecule has 0 fully saturated rings. The Balaban J connectivity index is 2.26. The molecule has 0 saturated heterocycles. The minimum absolute atomic E-state index is 0.196. The van der Waals surface area contributed by atoms with Crippen molar-refractivity contribution < 1.29 is 10.0 Å². The van der Waals surface area contributed by atoms with Crippen LogP contribution in [0, 0.1) is 0 Å². The van der Waals surface area contributed by atoms with Gasteiger partial charge < -0.3 is 5.32 Å². The van der Waals surface area contributed by atoms with Crippen molar-refractivity contribution in [2.75, 3.05) is 7.05 Å². The van der Waals surface area contributed by atoms with Crippen LogP contribution in [0.25, 0.3) is 0 Å². The van der Waals surface area contributed by atoms with E-state index in [0.717, 1.165) is 0 Å². The second-order valence-corrected chi connectivity index (χ2v) is 3.44. The molecule has 4 N–H and O–H groups in total. The van der Waals surface area contributed by atoms with Crippen molar-refractivity contribution >= 4 is 23.1 Å². The van der Waals surface area contributed by atoms with Crippen molar-refractivity contribution in [2.24, 2.45) is 0 Å².